The van der Waals surface area contributed by atoms with E-state index in [0.29, 0.717) is 32.6 Å². The van der Waals surface area contributed by atoms with Gasteiger partial charge in [-0.15, -0.1) is 10.2 Å². The van der Waals surface area contributed by atoms with Crippen molar-refractivity contribution in [3.05, 3.63) is 29.4 Å². The quantitative estimate of drug-likeness (QED) is 0.771. The molecule has 0 N–H and O–H groups in total. The summed E-state index contributed by atoms with van der Waals surface area (Å²) < 4.78 is 56.1. The van der Waals surface area contributed by atoms with Crippen LogP contribution in [0.5, 0.6) is 5.75 Å². The zero-order chi connectivity index (χ0) is 20.6. The van der Waals surface area contributed by atoms with Gasteiger partial charge >= 0.3 is 6.43 Å². The second-order valence-corrected chi connectivity index (χ2v) is 7.43. The summed E-state index contributed by atoms with van der Waals surface area (Å²) in [7, 11) is 0. The van der Waals surface area contributed by atoms with Crippen LogP contribution in [-0.4, -0.2) is 47.4 Å². The Morgan fingerprint density at radius 1 is 1.21 bits per heavy atom. The number of rotatable bonds is 3. The Morgan fingerprint density at radius 3 is 2.66 bits per heavy atom. The van der Waals surface area contributed by atoms with E-state index in [2.05, 4.69) is 10.2 Å². The number of halogens is 3. The molecule has 4 rings (SSSR count). The van der Waals surface area contributed by atoms with Gasteiger partial charge in [0.15, 0.2) is 0 Å². The number of aromatic nitrogens is 2. The van der Waals surface area contributed by atoms with Crippen LogP contribution < -0.4 is 4.74 Å². The first-order valence-electron chi connectivity index (χ1n) is 9.32. The van der Waals surface area contributed by atoms with Crippen molar-refractivity contribution >= 4 is 5.91 Å². The topological polar surface area (TPSA) is 77.7 Å². The van der Waals surface area contributed by atoms with Gasteiger partial charge in [0.2, 0.25) is 11.8 Å². The highest BCUT2D eigenvalue weighted by molar-refractivity contribution is 5.82. The zero-order valence-corrected chi connectivity index (χ0v) is 15.8. The second-order valence-electron chi connectivity index (χ2n) is 7.43. The van der Waals surface area contributed by atoms with E-state index >= 15 is 0 Å². The van der Waals surface area contributed by atoms with Gasteiger partial charge in [-0.05, 0) is 25.0 Å². The van der Waals surface area contributed by atoms with E-state index in [4.69, 9.17) is 13.9 Å². The lowest BCUT2D eigenvalue weighted by atomic mass is 9.81. The Morgan fingerprint density at radius 2 is 1.97 bits per heavy atom. The van der Waals surface area contributed by atoms with E-state index in [9.17, 15) is 18.0 Å². The molecule has 1 amide bonds. The maximum absolute atomic E-state index is 14.9. The van der Waals surface area contributed by atoms with Crippen LogP contribution in [0.3, 0.4) is 0 Å². The summed E-state index contributed by atoms with van der Waals surface area (Å²) in [6, 6.07) is 2.58. The molecule has 7 nitrogen and oxygen atoms in total. The summed E-state index contributed by atoms with van der Waals surface area (Å²) in [5.74, 6) is -1.52. The lowest BCUT2D eigenvalue weighted by Gasteiger charge is -2.36. The minimum Gasteiger partial charge on any atom is -0.491 e. The predicted octanol–water partition coefficient (Wildman–Crippen LogP) is 3.35. The fourth-order valence-corrected chi connectivity index (χ4v) is 3.58. The van der Waals surface area contributed by atoms with Crippen molar-refractivity contribution in [2.45, 2.75) is 32.7 Å². The van der Waals surface area contributed by atoms with Crippen LogP contribution in [0.1, 0.15) is 37.6 Å². The summed E-state index contributed by atoms with van der Waals surface area (Å²) in [6.07, 6.45) is -1.69. The van der Waals surface area contributed by atoms with Crippen LogP contribution in [0.15, 0.2) is 16.5 Å². The third-order valence-corrected chi connectivity index (χ3v) is 5.40. The van der Waals surface area contributed by atoms with E-state index in [1.165, 1.54) is 6.07 Å². The average molecular weight is 411 g/mol. The van der Waals surface area contributed by atoms with Crippen LogP contribution in [0, 0.1) is 11.2 Å². The fourth-order valence-electron chi connectivity index (χ4n) is 3.58. The van der Waals surface area contributed by atoms with Crippen molar-refractivity contribution in [2.75, 3.05) is 26.4 Å². The van der Waals surface area contributed by atoms with Crippen LogP contribution in [-0.2, 0) is 16.1 Å². The van der Waals surface area contributed by atoms with E-state index in [1.807, 2.05) is 6.92 Å². The standard InChI is InChI=1S/C19H20F3N3O4/c1-19(2-5-27-6-3-19)18(26)25-4-7-28-14-9-11(8-13(20)12(14)10-25)16-23-24-17(29-16)15(21)22/h8-9,15H,2-7,10H2,1H3. The molecule has 0 radical (unpaired) electrons. The molecule has 0 saturated carbocycles. The van der Waals surface area contributed by atoms with Gasteiger partial charge in [-0.2, -0.15) is 8.78 Å². The molecule has 3 heterocycles. The van der Waals surface area contributed by atoms with Gasteiger partial charge in [0.05, 0.1) is 18.5 Å². The highest BCUT2D eigenvalue weighted by atomic mass is 19.3. The minimum absolute atomic E-state index is 0.0563. The molecule has 0 aliphatic carbocycles. The maximum Gasteiger partial charge on any atom is 0.314 e. The van der Waals surface area contributed by atoms with Crippen molar-refractivity contribution in [2.24, 2.45) is 5.41 Å². The molecular weight excluding hydrogens is 391 g/mol. The molecule has 0 bridgehead atoms. The highest BCUT2D eigenvalue weighted by Gasteiger charge is 2.39. The van der Waals surface area contributed by atoms with Crippen molar-refractivity contribution in [1.82, 2.24) is 15.1 Å². The van der Waals surface area contributed by atoms with Crippen molar-refractivity contribution < 1.29 is 31.9 Å². The number of hydrogen-bond donors (Lipinski definition) is 0. The zero-order valence-electron chi connectivity index (χ0n) is 15.8. The van der Waals surface area contributed by atoms with E-state index < -0.39 is 23.5 Å². The molecule has 1 aromatic carbocycles. The fraction of sp³-hybridized carbons (Fsp3) is 0.526. The summed E-state index contributed by atoms with van der Waals surface area (Å²) in [5.41, 5.74) is -0.185. The average Bonchev–Trinajstić information content (AvgIpc) is 3.10. The minimum atomic E-state index is -2.91. The summed E-state index contributed by atoms with van der Waals surface area (Å²) in [5, 5.41) is 6.79. The largest absolute Gasteiger partial charge is 0.491 e. The third kappa shape index (κ3) is 3.81. The Labute approximate surface area is 164 Å². The summed E-state index contributed by atoms with van der Waals surface area (Å²) in [6.45, 7) is 3.50. The van der Waals surface area contributed by atoms with Gasteiger partial charge in [0, 0.05) is 24.3 Å². The molecule has 1 fully saturated rings. The first kappa shape index (κ1) is 19.7. The molecule has 0 atom stereocenters. The summed E-state index contributed by atoms with van der Waals surface area (Å²) >= 11 is 0. The number of amides is 1. The monoisotopic (exact) mass is 411 g/mol. The molecular formula is C19H20F3N3O4. The SMILES string of the molecule is CC1(C(=O)N2CCOc3cc(-c4nnc(C(F)F)o4)cc(F)c3C2)CCOCC1. The predicted molar refractivity (Wildman–Crippen MR) is 93.7 cm³/mol. The molecule has 156 valence electrons. The molecule has 2 aliphatic rings. The molecule has 10 heteroatoms. The number of alkyl halides is 2. The van der Waals surface area contributed by atoms with E-state index in [1.54, 1.807) is 4.90 Å². The van der Waals surface area contributed by atoms with Gasteiger partial charge in [0.25, 0.3) is 5.89 Å². The number of hydrogen-bond acceptors (Lipinski definition) is 6. The molecule has 2 aromatic rings. The Balaban J connectivity index is 1.60. The third-order valence-electron chi connectivity index (χ3n) is 5.40. The number of fused-ring (bicyclic) bond motifs is 1. The number of carbonyl (C=O) groups excluding carboxylic acids is 1. The second kappa shape index (κ2) is 7.66. The molecule has 29 heavy (non-hydrogen) atoms. The molecule has 0 spiro atoms. The Kier molecular flexibility index (Phi) is 5.20. The van der Waals surface area contributed by atoms with Crippen molar-refractivity contribution in [3.63, 3.8) is 0 Å². The lowest BCUT2D eigenvalue weighted by Crippen LogP contribution is -2.45. The van der Waals surface area contributed by atoms with Crippen molar-refractivity contribution in [1.29, 1.82) is 0 Å². The first-order chi connectivity index (χ1) is 13.9. The van der Waals surface area contributed by atoms with Gasteiger partial charge in [-0.25, -0.2) is 4.39 Å². The van der Waals surface area contributed by atoms with Crippen LogP contribution in [0.4, 0.5) is 13.2 Å². The Hall–Kier alpha value is -2.62. The van der Waals surface area contributed by atoms with Gasteiger partial charge in [-0.3, -0.25) is 4.79 Å². The number of carbonyl (C=O) groups is 1. The smallest absolute Gasteiger partial charge is 0.314 e. The van der Waals surface area contributed by atoms with Crippen LogP contribution >= 0.6 is 0 Å². The molecule has 2 aliphatic heterocycles. The van der Waals surface area contributed by atoms with Crippen LogP contribution in [0.2, 0.25) is 0 Å². The lowest BCUT2D eigenvalue weighted by molar-refractivity contribution is -0.147. The first-order valence-corrected chi connectivity index (χ1v) is 9.32. The van der Waals surface area contributed by atoms with E-state index in [0.717, 1.165) is 6.07 Å². The van der Waals surface area contributed by atoms with Gasteiger partial charge < -0.3 is 18.8 Å². The molecule has 0 unspecified atom stereocenters. The molecule has 1 aromatic heterocycles. The van der Waals surface area contributed by atoms with Gasteiger partial charge in [-0.1, -0.05) is 6.92 Å². The molecule has 1 saturated heterocycles. The Bertz CT molecular complexity index is 912. The number of benzene rings is 1. The van der Waals surface area contributed by atoms with Gasteiger partial charge in [0.1, 0.15) is 18.2 Å². The number of nitrogens with zero attached hydrogens (tertiary/aromatic N) is 3. The number of ether oxygens (including phenoxy) is 2. The maximum atomic E-state index is 14.9. The summed E-state index contributed by atoms with van der Waals surface area (Å²) in [4.78, 5) is 14.7. The highest BCUT2D eigenvalue weighted by Crippen LogP contribution is 2.36. The van der Waals surface area contributed by atoms with Crippen LogP contribution in [0.25, 0.3) is 11.5 Å². The van der Waals surface area contributed by atoms with E-state index in [-0.39, 0.29) is 41.8 Å². The normalized spacial score (nSPS) is 18.9. The van der Waals surface area contributed by atoms with Crippen molar-refractivity contribution in [3.8, 4) is 17.2 Å².